The van der Waals surface area contributed by atoms with E-state index in [-0.39, 0.29) is 18.7 Å². The van der Waals surface area contributed by atoms with Crippen molar-refractivity contribution < 1.29 is 18.7 Å². The standard InChI is InChI=1S/C29H36N4O6S/c1-16(2)31-27(35)29(6,7)33-25(34)22-18(5)23(24-30-13-14-38-24)40-26(22)32(28(33)36)15-21(39-17(3)4)19-11-9-10-12-20(19)37-8/h9-14,16-17,21H,15H2,1-8H3,(H,31,35)/t21-/m1/s1. The number of para-hydroxylation sites is 1. The summed E-state index contributed by atoms with van der Waals surface area (Å²) in [6, 6.07) is 7.29. The van der Waals surface area contributed by atoms with Crippen molar-refractivity contribution in [3.05, 3.63) is 68.7 Å². The second kappa shape index (κ2) is 11.4. The maximum atomic E-state index is 14.3. The lowest BCUT2D eigenvalue weighted by Gasteiger charge is -2.29. The summed E-state index contributed by atoms with van der Waals surface area (Å²) < 4.78 is 20.0. The third-order valence-electron chi connectivity index (χ3n) is 6.64. The van der Waals surface area contributed by atoms with Gasteiger partial charge < -0.3 is 19.2 Å². The summed E-state index contributed by atoms with van der Waals surface area (Å²) in [5, 5.41) is 3.17. The van der Waals surface area contributed by atoms with Gasteiger partial charge in [0, 0.05) is 11.6 Å². The molecule has 0 spiro atoms. The highest BCUT2D eigenvalue weighted by atomic mass is 32.1. The lowest BCUT2D eigenvalue weighted by atomic mass is 10.0. The smallest absolute Gasteiger partial charge is 0.333 e. The Labute approximate surface area is 236 Å². The van der Waals surface area contributed by atoms with Gasteiger partial charge in [-0.1, -0.05) is 18.2 Å². The summed E-state index contributed by atoms with van der Waals surface area (Å²) in [4.78, 5) is 47.0. The van der Waals surface area contributed by atoms with Crippen molar-refractivity contribution in [1.29, 1.82) is 0 Å². The van der Waals surface area contributed by atoms with Gasteiger partial charge in [0.1, 0.15) is 28.5 Å². The van der Waals surface area contributed by atoms with Gasteiger partial charge in [0.15, 0.2) is 0 Å². The highest BCUT2D eigenvalue weighted by molar-refractivity contribution is 7.22. The van der Waals surface area contributed by atoms with Crippen LogP contribution in [0.4, 0.5) is 0 Å². The monoisotopic (exact) mass is 568 g/mol. The van der Waals surface area contributed by atoms with Gasteiger partial charge in [-0.2, -0.15) is 0 Å². The number of fused-ring (bicyclic) bond motifs is 1. The van der Waals surface area contributed by atoms with Crippen molar-refractivity contribution in [2.75, 3.05) is 7.11 Å². The predicted molar refractivity (Wildman–Crippen MR) is 155 cm³/mol. The molecule has 0 saturated carbocycles. The fourth-order valence-electron chi connectivity index (χ4n) is 4.72. The molecule has 1 amide bonds. The zero-order valence-electron chi connectivity index (χ0n) is 24.1. The summed E-state index contributed by atoms with van der Waals surface area (Å²) in [6.07, 6.45) is 2.22. The number of hydrogen-bond acceptors (Lipinski definition) is 8. The lowest BCUT2D eigenvalue weighted by Crippen LogP contribution is -2.56. The van der Waals surface area contributed by atoms with Crippen LogP contribution >= 0.6 is 11.3 Å². The summed E-state index contributed by atoms with van der Waals surface area (Å²) in [6.45, 7) is 12.5. The van der Waals surface area contributed by atoms with Crippen molar-refractivity contribution in [1.82, 2.24) is 19.4 Å². The van der Waals surface area contributed by atoms with Gasteiger partial charge in [0.05, 0.1) is 36.2 Å². The molecule has 0 aliphatic rings. The Balaban J connectivity index is 2.04. The van der Waals surface area contributed by atoms with Crippen LogP contribution < -0.4 is 21.3 Å². The number of methoxy groups -OCH3 is 1. The van der Waals surface area contributed by atoms with Crippen LogP contribution in [0.5, 0.6) is 5.75 Å². The molecule has 11 heteroatoms. The van der Waals surface area contributed by atoms with E-state index >= 15 is 0 Å². The number of ether oxygens (including phenoxy) is 2. The zero-order chi connectivity index (χ0) is 29.4. The zero-order valence-corrected chi connectivity index (χ0v) is 24.9. The first-order chi connectivity index (χ1) is 18.9. The quantitative estimate of drug-likeness (QED) is 0.297. The number of carbonyl (C=O) groups is 1. The van der Waals surface area contributed by atoms with Gasteiger partial charge >= 0.3 is 5.69 Å². The number of carbonyl (C=O) groups excluding carboxylic acids is 1. The summed E-state index contributed by atoms with van der Waals surface area (Å²) in [7, 11) is 1.58. The SMILES string of the molecule is COc1ccccc1[C@@H](Cn1c(=O)n(C(C)(C)C(=O)NC(C)C)c(=O)c2c(C)c(-c3ncco3)sc21)OC(C)C. The molecule has 40 heavy (non-hydrogen) atoms. The number of hydrogen-bond donors (Lipinski definition) is 1. The average Bonchev–Trinajstić information content (AvgIpc) is 3.53. The van der Waals surface area contributed by atoms with Crippen molar-refractivity contribution in [3.8, 4) is 16.5 Å². The van der Waals surface area contributed by atoms with Crippen molar-refractivity contribution in [2.45, 2.75) is 78.8 Å². The first kappa shape index (κ1) is 29.3. The van der Waals surface area contributed by atoms with E-state index in [1.807, 2.05) is 52.0 Å². The fourth-order valence-corrected chi connectivity index (χ4v) is 5.96. The molecule has 0 unspecified atom stereocenters. The van der Waals surface area contributed by atoms with Crippen molar-refractivity contribution in [3.63, 3.8) is 0 Å². The maximum absolute atomic E-state index is 14.3. The Bertz CT molecular complexity index is 1630. The molecule has 4 rings (SSSR count). The van der Waals surface area contributed by atoms with Gasteiger partial charge in [0.25, 0.3) is 5.56 Å². The number of amides is 1. The van der Waals surface area contributed by atoms with E-state index in [1.54, 1.807) is 27.9 Å². The Morgan fingerprint density at radius 1 is 1.18 bits per heavy atom. The third kappa shape index (κ3) is 5.35. The van der Waals surface area contributed by atoms with Crippen LogP contribution in [0.3, 0.4) is 0 Å². The normalized spacial score (nSPS) is 12.8. The summed E-state index contributed by atoms with van der Waals surface area (Å²) in [5.41, 5.74) is -1.27. The number of aromatic nitrogens is 3. The number of rotatable bonds is 10. The van der Waals surface area contributed by atoms with Crippen LogP contribution in [0.1, 0.15) is 58.8 Å². The van der Waals surface area contributed by atoms with Gasteiger partial charge in [-0.3, -0.25) is 14.2 Å². The number of benzene rings is 1. The van der Waals surface area contributed by atoms with E-state index in [0.29, 0.717) is 32.3 Å². The Morgan fingerprint density at radius 3 is 2.48 bits per heavy atom. The van der Waals surface area contributed by atoms with Crippen LogP contribution in [0.25, 0.3) is 21.0 Å². The largest absolute Gasteiger partial charge is 0.496 e. The highest BCUT2D eigenvalue weighted by Gasteiger charge is 2.36. The van der Waals surface area contributed by atoms with E-state index in [2.05, 4.69) is 10.3 Å². The minimum absolute atomic E-state index is 0.0705. The molecule has 1 atom stereocenters. The van der Waals surface area contributed by atoms with E-state index in [4.69, 9.17) is 13.9 Å². The molecule has 0 fully saturated rings. The molecule has 0 saturated heterocycles. The van der Waals surface area contributed by atoms with E-state index in [9.17, 15) is 14.4 Å². The molecule has 1 N–H and O–H groups in total. The molecule has 1 aromatic carbocycles. The topological polar surface area (TPSA) is 118 Å². The van der Waals surface area contributed by atoms with Gasteiger partial charge in [-0.15, -0.1) is 11.3 Å². The van der Waals surface area contributed by atoms with Crippen molar-refractivity contribution >= 4 is 27.5 Å². The minimum Gasteiger partial charge on any atom is -0.496 e. The summed E-state index contributed by atoms with van der Waals surface area (Å²) >= 11 is 1.25. The van der Waals surface area contributed by atoms with Crippen LogP contribution in [-0.4, -0.2) is 39.3 Å². The number of nitrogens with zero attached hydrogens (tertiary/aromatic N) is 3. The average molecular weight is 569 g/mol. The van der Waals surface area contributed by atoms with Crippen LogP contribution in [0.15, 0.2) is 50.7 Å². The van der Waals surface area contributed by atoms with E-state index in [1.165, 1.54) is 28.4 Å². The highest BCUT2D eigenvalue weighted by Crippen LogP contribution is 2.37. The first-order valence-corrected chi connectivity index (χ1v) is 14.0. The third-order valence-corrected chi connectivity index (χ3v) is 7.95. The lowest BCUT2D eigenvalue weighted by molar-refractivity contribution is -0.129. The summed E-state index contributed by atoms with van der Waals surface area (Å²) in [5.74, 6) is 0.526. The second-order valence-electron chi connectivity index (χ2n) is 10.7. The van der Waals surface area contributed by atoms with E-state index in [0.717, 1.165) is 10.1 Å². The molecule has 3 aromatic heterocycles. The van der Waals surface area contributed by atoms with Crippen LogP contribution in [-0.2, 0) is 21.6 Å². The second-order valence-corrected chi connectivity index (χ2v) is 11.7. The molecule has 0 bridgehead atoms. The molecular formula is C29H36N4O6S. The minimum atomic E-state index is -1.48. The molecule has 0 aliphatic heterocycles. The Kier molecular flexibility index (Phi) is 8.36. The van der Waals surface area contributed by atoms with Crippen LogP contribution in [0.2, 0.25) is 0 Å². The van der Waals surface area contributed by atoms with Gasteiger partial charge in [-0.05, 0) is 60.1 Å². The molecular weight excluding hydrogens is 532 g/mol. The van der Waals surface area contributed by atoms with Crippen molar-refractivity contribution in [2.24, 2.45) is 0 Å². The molecule has 0 radical (unpaired) electrons. The van der Waals surface area contributed by atoms with E-state index < -0.39 is 28.8 Å². The Morgan fingerprint density at radius 2 is 1.88 bits per heavy atom. The molecule has 3 heterocycles. The molecule has 214 valence electrons. The first-order valence-electron chi connectivity index (χ1n) is 13.2. The van der Waals surface area contributed by atoms with Gasteiger partial charge in [0.2, 0.25) is 11.8 Å². The van der Waals surface area contributed by atoms with Crippen LogP contribution in [0, 0.1) is 6.92 Å². The number of nitrogens with one attached hydrogen (secondary N) is 1. The van der Waals surface area contributed by atoms with Gasteiger partial charge in [-0.25, -0.2) is 14.3 Å². The fraction of sp³-hybridized carbons (Fsp3) is 0.448. The number of thiophene rings is 1. The molecule has 0 aliphatic carbocycles. The molecule has 10 nitrogen and oxygen atoms in total. The Hall–Kier alpha value is -3.70. The molecule has 4 aromatic rings. The maximum Gasteiger partial charge on any atom is 0.333 e. The predicted octanol–water partition coefficient (Wildman–Crippen LogP) is 4.62. The number of oxazole rings is 1. The number of aryl methyl sites for hydroxylation is 1.